The lowest BCUT2D eigenvalue weighted by molar-refractivity contribution is -0.142. The Hall–Kier alpha value is -4.40. The van der Waals surface area contributed by atoms with E-state index in [9.17, 15) is 9.59 Å². The van der Waals surface area contributed by atoms with Crippen LogP contribution in [0.4, 0.5) is 0 Å². The van der Waals surface area contributed by atoms with Gasteiger partial charge in [-0.1, -0.05) is 72.7 Å². The van der Waals surface area contributed by atoms with E-state index in [4.69, 9.17) is 9.47 Å². The minimum atomic E-state index is -0.960. The maximum atomic E-state index is 14.2. The molecule has 1 heterocycles. The van der Waals surface area contributed by atoms with Crippen LogP contribution in [0.2, 0.25) is 0 Å². The number of nitrogens with one attached hydrogen (secondary N) is 1. The van der Waals surface area contributed by atoms with Crippen LogP contribution in [-0.4, -0.2) is 52.0 Å². The van der Waals surface area contributed by atoms with Crippen molar-refractivity contribution in [3.05, 3.63) is 83.9 Å². The van der Waals surface area contributed by atoms with Crippen LogP contribution in [0.1, 0.15) is 42.9 Å². The second kappa shape index (κ2) is 12.0. The molecule has 9 heteroatoms. The summed E-state index contributed by atoms with van der Waals surface area (Å²) < 4.78 is 12.9. The lowest BCUT2D eigenvalue weighted by Gasteiger charge is -2.33. The van der Waals surface area contributed by atoms with Crippen molar-refractivity contribution >= 4 is 22.8 Å². The molecule has 202 valence electrons. The number of rotatable bonds is 10. The maximum Gasteiger partial charge on any atom is 0.247 e. The summed E-state index contributed by atoms with van der Waals surface area (Å²) >= 11 is 0. The summed E-state index contributed by atoms with van der Waals surface area (Å²) in [6.45, 7) is 0.141. The molecule has 1 N–H and O–H groups in total. The zero-order chi connectivity index (χ0) is 27.2. The molecule has 1 unspecified atom stereocenters. The Bertz CT molecular complexity index is 1430. The van der Waals surface area contributed by atoms with Gasteiger partial charge in [0.25, 0.3) is 0 Å². The average Bonchev–Trinajstić information content (AvgIpc) is 3.63. The topological polar surface area (TPSA) is 98.6 Å². The van der Waals surface area contributed by atoms with E-state index in [0.717, 1.165) is 36.8 Å². The van der Waals surface area contributed by atoms with E-state index in [1.807, 2.05) is 66.7 Å². The molecule has 1 aliphatic rings. The standard InChI is InChI=1S/C30H33N5O4/c1-38-26-18-10-15-23(29(26)39-2)28(30(37)31-22-13-6-7-14-22)34(19-21-11-4-3-5-12-21)27(36)20-35-25-17-9-8-16-24(25)32-33-35/h3-5,8-12,15-18,22,28H,6-7,13-14,19-20H2,1-2H3,(H,31,37). The molecule has 5 rings (SSSR count). The third kappa shape index (κ3) is 5.72. The number of methoxy groups -OCH3 is 2. The van der Waals surface area contributed by atoms with Crippen LogP contribution in [-0.2, 0) is 22.7 Å². The fraction of sp³-hybridized carbons (Fsp3) is 0.333. The van der Waals surface area contributed by atoms with Gasteiger partial charge in [-0.3, -0.25) is 9.59 Å². The molecule has 1 aromatic heterocycles. The number of hydrogen-bond acceptors (Lipinski definition) is 6. The predicted molar refractivity (Wildman–Crippen MR) is 147 cm³/mol. The maximum absolute atomic E-state index is 14.2. The Kier molecular flexibility index (Phi) is 8.05. The van der Waals surface area contributed by atoms with Crippen molar-refractivity contribution in [3.63, 3.8) is 0 Å². The summed E-state index contributed by atoms with van der Waals surface area (Å²) in [5.74, 6) is 0.388. The van der Waals surface area contributed by atoms with Crippen LogP contribution in [0.3, 0.4) is 0 Å². The molecular weight excluding hydrogens is 494 g/mol. The van der Waals surface area contributed by atoms with E-state index in [1.165, 1.54) is 7.11 Å². The average molecular weight is 528 g/mol. The minimum Gasteiger partial charge on any atom is -0.493 e. The first-order chi connectivity index (χ1) is 19.1. The summed E-state index contributed by atoms with van der Waals surface area (Å²) in [4.78, 5) is 29.8. The summed E-state index contributed by atoms with van der Waals surface area (Å²) in [6.07, 6.45) is 3.99. The first-order valence-electron chi connectivity index (χ1n) is 13.2. The van der Waals surface area contributed by atoms with Gasteiger partial charge in [-0.25, -0.2) is 4.68 Å². The smallest absolute Gasteiger partial charge is 0.247 e. The Morgan fingerprint density at radius 3 is 2.46 bits per heavy atom. The molecule has 9 nitrogen and oxygen atoms in total. The summed E-state index contributed by atoms with van der Waals surface area (Å²) in [5.41, 5.74) is 2.90. The second-order valence-corrected chi connectivity index (χ2v) is 9.72. The van der Waals surface area contributed by atoms with Crippen molar-refractivity contribution < 1.29 is 19.1 Å². The lowest BCUT2D eigenvalue weighted by Crippen LogP contribution is -2.46. The number of ether oxygens (including phenoxy) is 2. The number of benzene rings is 3. The molecule has 1 aliphatic carbocycles. The highest BCUT2D eigenvalue weighted by atomic mass is 16.5. The third-order valence-electron chi connectivity index (χ3n) is 7.21. The van der Waals surface area contributed by atoms with E-state index in [0.29, 0.717) is 22.6 Å². The van der Waals surface area contributed by atoms with E-state index in [1.54, 1.807) is 22.8 Å². The van der Waals surface area contributed by atoms with Gasteiger partial charge < -0.3 is 19.7 Å². The Balaban J connectivity index is 1.58. The SMILES string of the molecule is COc1cccc(C(C(=O)NC2CCCC2)N(Cc2ccccc2)C(=O)Cn2nnc3ccccc32)c1OC. The third-order valence-corrected chi connectivity index (χ3v) is 7.21. The molecule has 0 spiro atoms. The number of nitrogens with zero attached hydrogens (tertiary/aromatic N) is 4. The quantitative estimate of drug-likeness (QED) is 0.331. The Morgan fingerprint density at radius 1 is 0.974 bits per heavy atom. The van der Waals surface area contributed by atoms with Gasteiger partial charge >= 0.3 is 0 Å². The summed E-state index contributed by atoms with van der Waals surface area (Å²) in [7, 11) is 3.09. The first kappa shape index (κ1) is 26.2. The zero-order valence-electron chi connectivity index (χ0n) is 22.2. The first-order valence-corrected chi connectivity index (χ1v) is 13.2. The Labute approximate surface area is 227 Å². The fourth-order valence-electron chi connectivity index (χ4n) is 5.28. The van der Waals surface area contributed by atoms with E-state index in [-0.39, 0.29) is 30.9 Å². The van der Waals surface area contributed by atoms with Gasteiger partial charge in [0.1, 0.15) is 18.1 Å². The molecule has 4 aromatic rings. The zero-order valence-corrected chi connectivity index (χ0v) is 22.2. The number of aromatic nitrogens is 3. The molecule has 0 bridgehead atoms. The molecule has 39 heavy (non-hydrogen) atoms. The number of carbonyl (C=O) groups excluding carboxylic acids is 2. The van der Waals surface area contributed by atoms with Gasteiger partial charge in [0.15, 0.2) is 11.5 Å². The van der Waals surface area contributed by atoms with Crippen LogP contribution >= 0.6 is 0 Å². The molecule has 1 fully saturated rings. The predicted octanol–water partition coefficient (Wildman–Crippen LogP) is 4.28. The number of carbonyl (C=O) groups is 2. The Morgan fingerprint density at radius 2 is 1.72 bits per heavy atom. The molecule has 2 amide bonds. The van der Waals surface area contributed by atoms with Gasteiger partial charge in [0, 0.05) is 18.2 Å². The highest BCUT2D eigenvalue weighted by Gasteiger charge is 2.36. The summed E-state index contributed by atoms with van der Waals surface area (Å²) in [6, 6.07) is 21.7. The number of hydrogen-bond donors (Lipinski definition) is 1. The molecule has 1 atom stereocenters. The van der Waals surface area contributed by atoms with Crippen molar-refractivity contribution in [2.45, 2.75) is 50.9 Å². The summed E-state index contributed by atoms with van der Waals surface area (Å²) in [5, 5.41) is 11.6. The van der Waals surface area contributed by atoms with E-state index >= 15 is 0 Å². The van der Waals surface area contributed by atoms with E-state index < -0.39 is 6.04 Å². The van der Waals surface area contributed by atoms with Crippen molar-refractivity contribution in [1.29, 1.82) is 0 Å². The van der Waals surface area contributed by atoms with Crippen LogP contribution in [0, 0.1) is 0 Å². The van der Waals surface area contributed by atoms with Crippen molar-refractivity contribution in [2.24, 2.45) is 0 Å². The largest absolute Gasteiger partial charge is 0.493 e. The van der Waals surface area contributed by atoms with Crippen LogP contribution < -0.4 is 14.8 Å². The van der Waals surface area contributed by atoms with Gasteiger partial charge in [-0.15, -0.1) is 5.10 Å². The molecule has 0 radical (unpaired) electrons. The molecular formula is C30H33N5O4. The van der Waals surface area contributed by atoms with Gasteiger partial charge in [-0.2, -0.15) is 0 Å². The fourth-order valence-corrected chi connectivity index (χ4v) is 5.28. The van der Waals surface area contributed by atoms with Gasteiger partial charge in [-0.05, 0) is 36.6 Å². The molecule has 0 aliphatic heterocycles. The number of para-hydroxylation sites is 2. The van der Waals surface area contributed by atoms with Crippen LogP contribution in [0.25, 0.3) is 11.0 Å². The monoisotopic (exact) mass is 527 g/mol. The van der Waals surface area contributed by atoms with E-state index in [2.05, 4.69) is 15.6 Å². The van der Waals surface area contributed by atoms with Crippen LogP contribution in [0.5, 0.6) is 11.5 Å². The highest BCUT2D eigenvalue weighted by molar-refractivity contribution is 5.90. The van der Waals surface area contributed by atoms with Crippen molar-refractivity contribution in [1.82, 2.24) is 25.2 Å². The highest BCUT2D eigenvalue weighted by Crippen LogP contribution is 2.38. The second-order valence-electron chi connectivity index (χ2n) is 9.72. The normalized spacial score (nSPS) is 14.2. The van der Waals surface area contributed by atoms with Crippen molar-refractivity contribution in [2.75, 3.05) is 14.2 Å². The van der Waals surface area contributed by atoms with Crippen molar-refractivity contribution in [3.8, 4) is 11.5 Å². The van der Waals surface area contributed by atoms with Crippen LogP contribution in [0.15, 0.2) is 72.8 Å². The number of amides is 2. The van der Waals surface area contributed by atoms with Gasteiger partial charge in [0.2, 0.25) is 11.8 Å². The molecule has 3 aromatic carbocycles. The van der Waals surface area contributed by atoms with Gasteiger partial charge in [0.05, 0.1) is 19.7 Å². The molecule has 0 saturated heterocycles. The number of fused-ring (bicyclic) bond motifs is 1. The molecule has 1 saturated carbocycles. The minimum absolute atomic E-state index is 0.0736. The lowest BCUT2D eigenvalue weighted by atomic mass is 10.0.